The lowest BCUT2D eigenvalue weighted by atomic mass is 9.81. The summed E-state index contributed by atoms with van der Waals surface area (Å²) in [4.78, 5) is 26.0. The molecule has 1 heterocycles. The van der Waals surface area contributed by atoms with E-state index in [1.54, 1.807) is 17.0 Å². The van der Waals surface area contributed by atoms with Crippen molar-refractivity contribution in [2.24, 2.45) is 5.92 Å². The van der Waals surface area contributed by atoms with Gasteiger partial charge in [-0.05, 0) is 68.4 Å². The molecule has 2 aliphatic carbocycles. The number of carboxylic acid groups (broad SMARTS) is 1. The van der Waals surface area contributed by atoms with E-state index in [1.807, 2.05) is 23.5 Å². The van der Waals surface area contributed by atoms with Gasteiger partial charge in [-0.15, -0.1) is 11.3 Å². The zero-order chi connectivity index (χ0) is 24.6. The number of thiophene rings is 1. The Morgan fingerprint density at radius 2 is 1.69 bits per heavy atom. The Balaban J connectivity index is 1.52. The molecule has 0 radical (unpaired) electrons. The lowest BCUT2D eigenvalue weighted by Gasteiger charge is -2.31. The highest BCUT2D eigenvalue weighted by Crippen LogP contribution is 2.44. The van der Waals surface area contributed by atoms with Crippen LogP contribution in [0.3, 0.4) is 0 Å². The molecule has 4 rings (SSSR count). The second-order valence-corrected chi connectivity index (χ2v) is 11.2. The zero-order valence-electron chi connectivity index (χ0n) is 20.9. The minimum absolute atomic E-state index is 0.0501. The van der Waals surface area contributed by atoms with E-state index in [4.69, 9.17) is 9.84 Å². The Hall–Kier alpha value is -2.34. The average molecular weight is 498 g/mol. The number of hydrogen-bond acceptors (Lipinski definition) is 4. The van der Waals surface area contributed by atoms with Crippen molar-refractivity contribution in [2.75, 3.05) is 6.54 Å². The van der Waals surface area contributed by atoms with Crippen LogP contribution in [0.5, 0.6) is 5.75 Å². The van der Waals surface area contributed by atoms with E-state index < -0.39 is 5.97 Å². The summed E-state index contributed by atoms with van der Waals surface area (Å²) < 4.78 is 6.73. The summed E-state index contributed by atoms with van der Waals surface area (Å²) in [5.41, 5.74) is 1.90. The van der Waals surface area contributed by atoms with E-state index in [9.17, 15) is 9.59 Å². The summed E-state index contributed by atoms with van der Waals surface area (Å²) in [7, 11) is 0. The molecule has 1 aromatic heterocycles. The van der Waals surface area contributed by atoms with E-state index in [1.165, 1.54) is 74.6 Å². The Labute approximate surface area is 213 Å². The lowest BCUT2D eigenvalue weighted by Crippen LogP contribution is -2.26. The molecule has 2 aromatic rings. The summed E-state index contributed by atoms with van der Waals surface area (Å²) in [5, 5.41) is 11.4. The van der Waals surface area contributed by atoms with Gasteiger partial charge in [-0.3, -0.25) is 9.59 Å². The van der Waals surface area contributed by atoms with Gasteiger partial charge in [0.1, 0.15) is 11.9 Å². The van der Waals surface area contributed by atoms with Crippen LogP contribution in [-0.2, 0) is 11.2 Å². The maximum absolute atomic E-state index is 12.3. The number of benzene rings is 1. The van der Waals surface area contributed by atoms with Crippen LogP contribution in [0.1, 0.15) is 115 Å². The van der Waals surface area contributed by atoms with Crippen molar-refractivity contribution in [3.8, 4) is 5.75 Å². The highest BCUT2D eigenvalue weighted by atomic mass is 32.1. The number of carbonyl (C=O) groups excluding carboxylic acids is 1. The largest absolute Gasteiger partial charge is 0.485 e. The molecule has 1 unspecified atom stereocenters. The van der Waals surface area contributed by atoms with Crippen molar-refractivity contribution < 1.29 is 19.4 Å². The minimum atomic E-state index is -0.922. The smallest absolute Gasteiger partial charge is 0.305 e. The highest BCUT2D eigenvalue weighted by Gasteiger charge is 2.31. The van der Waals surface area contributed by atoms with Crippen LogP contribution in [0.2, 0.25) is 0 Å². The monoisotopic (exact) mass is 497 g/mol. The van der Waals surface area contributed by atoms with Crippen LogP contribution in [-0.4, -0.2) is 23.5 Å². The minimum Gasteiger partial charge on any atom is -0.485 e. The topological polar surface area (TPSA) is 75.6 Å². The fraction of sp³-hybridized carbons (Fsp3) is 0.586. The number of aryl methyl sites for hydroxylation is 1. The van der Waals surface area contributed by atoms with Gasteiger partial charge in [0.2, 0.25) is 0 Å². The second kappa shape index (κ2) is 12.6. The van der Waals surface area contributed by atoms with E-state index >= 15 is 0 Å². The molecule has 1 amide bonds. The third-order valence-electron chi connectivity index (χ3n) is 7.58. The first-order valence-electron chi connectivity index (χ1n) is 13.4. The van der Waals surface area contributed by atoms with Gasteiger partial charge in [-0.25, -0.2) is 0 Å². The first-order valence-corrected chi connectivity index (χ1v) is 14.3. The lowest BCUT2D eigenvalue weighted by molar-refractivity contribution is -0.136. The Morgan fingerprint density at radius 1 is 1.03 bits per heavy atom. The summed E-state index contributed by atoms with van der Waals surface area (Å²) in [6.45, 7) is 2.38. The van der Waals surface area contributed by atoms with E-state index in [0.717, 1.165) is 12.2 Å². The van der Waals surface area contributed by atoms with E-state index in [-0.39, 0.29) is 25.0 Å². The van der Waals surface area contributed by atoms with Crippen molar-refractivity contribution in [2.45, 2.75) is 96.0 Å². The molecule has 35 heavy (non-hydrogen) atoms. The number of carbonyl (C=O) groups is 2. The van der Waals surface area contributed by atoms with Gasteiger partial charge in [0, 0.05) is 33.3 Å². The Kier molecular flexibility index (Phi) is 9.25. The van der Waals surface area contributed by atoms with Gasteiger partial charge in [-0.2, -0.15) is 0 Å². The van der Waals surface area contributed by atoms with Gasteiger partial charge in [0.15, 0.2) is 0 Å². The quantitative estimate of drug-likeness (QED) is 0.362. The zero-order valence-corrected chi connectivity index (χ0v) is 21.7. The molecular formula is C29H39NO4S. The van der Waals surface area contributed by atoms with Crippen molar-refractivity contribution in [3.05, 3.63) is 51.2 Å². The molecule has 2 aliphatic rings. The average Bonchev–Trinajstić information content (AvgIpc) is 3.32. The van der Waals surface area contributed by atoms with Crippen molar-refractivity contribution in [3.63, 3.8) is 0 Å². The van der Waals surface area contributed by atoms with Crippen LogP contribution >= 0.6 is 11.3 Å². The molecule has 2 fully saturated rings. The standard InChI is InChI=1S/C29H39NO4S/c1-2-25-24(19-26(35-25)20-9-5-3-6-10-20)28(21-11-7-4-8-12-21)34-23-15-13-22(14-16-23)29(33)30-18-17-27(31)32/h13-16,19-21,28H,2-12,17-18H2,1H3,(H,30,33)(H,31,32). The normalized spacial score (nSPS) is 18.2. The number of ether oxygens (including phenoxy) is 1. The van der Waals surface area contributed by atoms with Crippen LogP contribution < -0.4 is 10.1 Å². The summed E-state index contributed by atoms with van der Waals surface area (Å²) in [6, 6.07) is 9.77. The third-order valence-corrected chi connectivity index (χ3v) is 9.04. The molecular weight excluding hydrogens is 458 g/mol. The van der Waals surface area contributed by atoms with Gasteiger partial charge in [-0.1, -0.05) is 45.4 Å². The molecule has 0 bridgehead atoms. The van der Waals surface area contributed by atoms with Crippen LogP contribution in [0, 0.1) is 5.92 Å². The fourth-order valence-electron chi connectivity index (χ4n) is 5.64. The molecule has 0 spiro atoms. The maximum Gasteiger partial charge on any atom is 0.305 e. The predicted molar refractivity (Wildman–Crippen MR) is 140 cm³/mol. The number of nitrogens with one attached hydrogen (secondary N) is 1. The molecule has 5 nitrogen and oxygen atoms in total. The Morgan fingerprint density at radius 3 is 2.31 bits per heavy atom. The van der Waals surface area contributed by atoms with Gasteiger partial charge >= 0.3 is 5.97 Å². The molecule has 1 aromatic carbocycles. The predicted octanol–water partition coefficient (Wildman–Crippen LogP) is 7.26. The van der Waals surface area contributed by atoms with Crippen LogP contribution in [0.25, 0.3) is 0 Å². The van der Waals surface area contributed by atoms with Crippen molar-refractivity contribution >= 4 is 23.2 Å². The number of amides is 1. The molecule has 2 saturated carbocycles. The Bertz CT molecular complexity index is 971. The first-order chi connectivity index (χ1) is 17.0. The maximum atomic E-state index is 12.3. The molecule has 2 N–H and O–H groups in total. The van der Waals surface area contributed by atoms with Gasteiger partial charge in [0.05, 0.1) is 6.42 Å². The van der Waals surface area contributed by atoms with Crippen LogP contribution in [0.4, 0.5) is 0 Å². The summed E-state index contributed by atoms with van der Waals surface area (Å²) in [6.07, 6.45) is 13.9. The first kappa shape index (κ1) is 25.7. The van der Waals surface area contributed by atoms with Crippen molar-refractivity contribution in [1.82, 2.24) is 5.32 Å². The molecule has 190 valence electrons. The van der Waals surface area contributed by atoms with E-state index in [2.05, 4.69) is 18.3 Å². The molecule has 1 atom stereocenters. The van der Waals surface area contributed by atoms with Gasteiger partial charge < -0.3 is 15.2 Å². The van der Waals surface area contributed by atoms with E-state index in [0.29, 0.717) is 17.4 Å². The highest BCUT2D eigenvalue weighted by molar-refractivity contribution is 7.12. The fourth-order valence-corrected chi connectivity index (χ4v) is 6.95. The van der Waals surface area contributed by atoms with Crippen LogP contribution in [0.15, 0.2) is 30.3 Å². The number of carboxylic acids is 1. The number of hydrogen-bond donors (Lipinski definition) is 2. The third kappa shape index (κ3) is 6.87. The molecule has 0 saturated heterocycles. The summed E-state index contributed by atoms with van der Waals surface area (Å²) in [5.74, 6) is 0.829. The molecule has 6 heteroatoms. The summed E-state index contributed by atoms with van der Waals surface area (Å²) >= 11 is 2.01. The molecule has 0 aliphatic heterocycles. The number of aliphatic carboxylic acids is 1. The number of rotatable bonds is 10. The SMILES string of the molecule is CCc1sc(C2CCCCC2)cc1C(Oc1ccc(C(=O)NCCC(=O)O)cc1)C1CCCCC1. The van der Waals surface area contributed by atoms with Gasteiger partial charge in [0.25, 0.3) is 5.91 Å². The van der Waals surface area contributed by atoms with Crippen molar-refractivity contribution in [1.29, 1.82) is 0 Å². The second-order valence-electron chi connectivity index (χ2n) is 10.1.